The third-order valence-corrected chi connectivity index (χ3v) is 13.6. The number of anilines is 2. The standard InChI is InChI=1S/C54H50N2O9/c1-30-25-36(26-31(2)50(30)57)47-41-21-22-42-48(53(60)55(51(42)58)37-15-9-32(10-16-37)7-13-34-27-39(62-3)19-23-45(34)64-5)43(41)29-44-49(47)54(61)56(52(44)59)38-17-11-33(12-18-38)8-14-35-28-40(63-4)20-24-46(35)65-6/h7-21,23-28,42-44,47-49,57H,22,29H2,1-6H3/t42-,43+,44+,47-,48-,49+/m0/s1. The average Bonchev–Trinajstić information content (AvgIpc) is 3.74. The molecule has 4 amide bonds. The van der Waals surface area contributed by atoms with E-state index in [0.29, 0.717) is 51.9 Å². The zero-order valence-corrected chi connectivity index (χ0v) is 37.1. The first-order valence-corrected chi connectivity index (χ1v) is 21.7. The second-order valence-electron chi connectivity index (χ2n) is 17.1. The van der Waals surface area contributed by atoms with E-state index in [1.807, 2.05) is 117 Å². The number of rotatable bonds is 11. The molecule has 330 valence electrons. The first kappa shape index (κ1) is 42.9. The number of ether oxygens (including phenoxy) is 4. The Hall–Kier alpha value is -7.40. The van der Waals surface area contributed by atoms with E-state index in [2.05, 4.69) is 0 Å². The molecule has 0 bridgehead atoms. The molecule has 11 nitrogen and oxygen atoms in total. The van der Waals surface area contributed by atoms with Crippen LogP contribution in [-0.4, -0.2) is 57.2 Å². The van der Waals surface area contributed by atoms with Gasteiger partial charge in [0.1, 0.15) is 28.7 Å². The molecular weight excluding hydrogens is 821 g/mol. The van der Waals surface area contributed by atoms with E-state index in [0.717, 1.165) is 33.4 Å². The van der Waals surface area contributed by atoms with Crippen LogP contribution in [0.25, 0.3) is 24.3 Å². The molecule has 6 atom stereocenters. The van der Waals surface area contributed by atoms with Gasteiger partial charge in [-0.2, -0.15) is 0 Å². The van der Waals surface area contributed by atoms with Crippen molar-refractivity contribution in [3.63, 3.8) is 0 Å². The minimum atomic E-state index is -0.745. The summed E-state index contributed by atoms with van der Waals surface area (Å²) in [6.45, 7) is 3.63. The number of carbonyl (C=O) groups is 4. The highest BCUT2D eigenvalue weighted by Crippen LogP contribution is 2.59. The summed E-state index contributed by atoms with van der Waals surface area (Å²) in [7, 11) is 6.43. The van der Waals surface area contributed by atoms with Gasteiger partial charge in [-0.25, -0.2) is 0 Å². The lowest BCUT2D eigenvalue weighted by molar-refractivity contribution is -0.126. The Morgan fingerprint density at radius 2 is 1.02 bits per heavy atom. The Balaban J connectivity index is 1.01. The molecule has 5 aromatic rings. The van der Waals surface area contributed by atoms with E-state index < -0.39 is 35.5 Å². The molecule has 2 heterocycles. The third-order valence-electron chi connectivity index (χ3n) is 13.6. The molecular formula is C54H50N2O9. The van der Waals surface area contributed by atoms with Crippen LogP contribution in [0.1, 0.15) is 57.7 Å². The second kappa shape index (κ2) is 17.3. The van der Waals surface area contributed by atoms with Crippen LogP contribution in [0.3, 0.4) is 0 Å². The maximum Gasteiger partial charge on any atom is 0.238 e. The van der Waals surface area contributed by atoms with Crippen LogP contribution in [0.15, 0.2) is 109 Å². The minimum absolute atomic E-state index is 0.165. The Kier molecular flexibility index (Phi) is 11.4. The minimum Gasteiger partial charge on any atom is -0.507 e. The number of hydrogen-bond donors (Lipinski definition) is 1. The van der Waals surface area contributed by atoms with Crippen molar-refractivity contribution in [2.24, 2.45) is 29.6 Å². The number of phenols is 1. The summed E-state index contributed by atoms with van der Waals surface area (Å²) in [5.74, 6) is -2.11. The van der Waals surface area contributed by atoms with Gasteiger partial charge in [0.05, 0.1) is 63.5 Å². The molecule has 3 fully saturated rings. The maximum absolute atomic E-state index is 14.8. The molecule has 9 rings (SSSR count). The van der Waals surface area contributed by atoms with E-state index in [1.54, 1.807) is 52.7 Å². The Labute approximate surface area is 378 Å². The number of fused-ring (bicyclic) bond motifs is 4. The second-order valence-corrected chi connectivity index (χ2v) is 17.1. The van der Waals surface area contributed by atoms with Crippen molar-refractivity contribution in [1.82, 2.24) is 0 Å². The molecule has 2 aliphatic heterocycles. The van der Waals surface area contributed by atoms with Gasteiger partial charge in [-0.3, -0.25) is 29.0 Å². The fourth-order valence-electron chi connectivity index (χ4n) is 10.4. The van der Waals surface area contributed by atoms with Crippen LogP contribution in [0.2, 0.25) is 0 Å². The fraction of sp³-hybridized carbons (Fsp3) is 0.259. The number of imide groups is 2. The SMILES string of the molecule is COc1ccc(OC)c(C=Cc2ccc(N3C(=O)[C@H]4[C@H](CC=C5[C@H]4C[C@H]4C(=O)N(c6ccc(C=Cc7cc(OC)ccc7OC)cc6)C(=O)[C@H]4[C@H]5c4cc(C)c(O)c(C)c4)C3=O)cc2)c1. The molecule has 2 aliphatic carbocycles. The van der Waals surface area contributed by atoms with Gasteiger partial charge in [0.2, 0.25) is 23.6 Å². The monoisotopic (exact) mass is 870 g/mol. The van der Waals surface area contributed by atoms with Gasteiger partial charge < -0.3 is 24.1 Å². The number of amides is 4. The van der Waals surface area contributed by atoms with Gasteiger partial charge in [0.15, 0.2) is 0 Å². The zero-order valence-electron chi connectivity index (χ0n) is 37.1. The molecule has 2 saturated heterocycles. The summed E-state index contributed by atoms with van der Waals surface area (Å²) in [5.41, 5.74) is 7.27. The van der Waals surface area contributed by atoms with Crippen LogP contribution in [0, 0.1) is 43.4 Å². The van der Waals surface area contributed by atoms with E-state index in [9.17, 15) is 24.3 Å². The van der Waals surface area contributed by atoms with Crippen LogP contribution < -0.4 is 28.7 Å². The molecule has 4 aliphatic rings. The van der Waals surface area contributed by atoms with Crippen molar-refractivity contribution < 1.29 is 43.2 Å². The van der Waals surface area contributed by atoms with Crippen LogP contribution in [0.5, 0.6) is 28.7 Å². The van der Waals surface area contributed by atoms with Gasteiger partial charge in [-0.15, -0.1) is 0 Å². The number of aromatic hydroxyl groups is 1. The molecule has 1 N–H and O–H groups in total. The smallest absolute Gasteiger partial charge is 0.238 e. The predicted octanol–water partition coefficient (Wildman–Crippen LogP) is 9.43. The summed E-state index contributed by atoms with van der Waals surface area (Å²) in [4.78, 5) is 61.1. The maximum atomic E-state index is 14.8. The van der Waals surface area contributed by atoms with Crippen molar-refractivity contribution in [3.8, 4) is 28.7 Å². The lowest BCUT2D eigenvalue weighted by Crippen LogP contribution is -2.43. The summed E-state index contributed by atoms with van der Waals surface area (Å²) < 4.78 is 21.8. The largest absolute Gasteiger partial charge is 0.507 e. The van der Waals surface area contributed by atoms with E-state index in [-0.39, 0.29) is 35.8 Å². The molecule has 0 aromatic heterocycles. The molecule has 0 spiro atoms. The Bertz CT molecular complexity index is 2800. The van der Waals surface area contributed by atoms with Gasteiger partial charge >= 0.3 is 0 Å². The van der Waals surface area contributed by atoms with Crippen LogP contribution in [-0.2, 0) is 19.2 Å². The number of methoxy groups -OCH3 is 4. The van der Waals surface area contributed by atoms with Gasteiger partial charge in [-0.1, -0.05) is 72.4 Å². The number of hydrogen-bond acceptors (Lipinski definition) is 9. The van der Waals surface area contributed by atoms with Crippen molar-refractivity contribution >= 4 is 59.3 Å². The summed E-state index contributed by atoms with van der Waals surface area (Å²) in [6, 6.07) is 29.4. The molecule has 1 saturated carbocycles. The third kappa shape index (κ3) is 7.54. The molecule has 0 unspecified atom stereocenters. The number of benzene rings is 5. The molecule has 5 aromatic carbocycles. The predicted molar refractivity (Wildman–Crippen MR) is 250 cm³/mol. The topological polar surface area (TPSA) is 132 Å². The number of allylic oxidation sites excluding steroid dienone is 2. The number of carbonyl (C=O) groups excluding carboxylic acids is 4. The van der Waals surface area contributed by atoms with E-state index >= 15 is 0 Å². The number of phenolic OH excluding ortho intramolecular Hbond substituents is 1. The highest BCUT2D eigenvalue weighted by atomic mass is 16.5. The lowest BCUT2D eigenvalue weighted by atomic mass is 9.57. The van der Waals surface area contributed by atoms with Gasteiger partial charge in [-0.05, 0) is 121 Å². The normalized spacial score (nSPS) is 22.6. The van der Waals surface area contributed by atoms with Crippen molar-refractivity contribution in [3.05, 3.63) is 148 Å². The molecule has 0 radical (unpaired) electrons. The van der Waals surface area contributed by atoms with Crippen LogP contribution in [0.4, 0.5) is 11.4 Å². The van der Waals surface area contributed by atoms with Crippen molar-refractivity contribution in [2.75, 3.05) is 38.2 Å². The van der Waals surface area contributed by atoms with Gasteiger partial charge in [0, 0.05) is 17.0 Å². The quantitative estimate of drug-likeness (QED) is 0.0784. The summed E-state index contributed by atoms with van der Waals surface area (Å²) in [6.07, 6.45) is 10.3. The lowest BCUT2D eigenvalue weighted by Gasteiger charge is -2.44. The highest BCUT2D eigenvalue weighted by molar-refractivity contribution is 6.24. The van der Waals surface area contributed by atoms with Gasteiger partial charge in [0.25, 0.3) is 0 Å². The Morgan fingerprint density at radius 1 is 0.538 bits per heavy atom. The Morgan fingerprint density at radius 3 is 1.49 bits per heavy atom. The summed E-state index contributed by atoms with van der Waals surface area (Å²) in [5, 5.41) is 10.8. The van der Waals surface area contributed by atoms with E-state index in [4.69, 9.17) is 18.9 Å². The first-order chi connectivity index (χ1) is 31.4. The summed E-state index contributed by atoms with van der Waals surface area (Å²) >= 11 is 0. The molecule has 11 heteroatoms. The van der Waals surface area contributed by atoms with E-state index in [1.165, 1.54) is 9.80 Å². The number of aryl methyl sites for hydroxylation is 2. The van der Waals surface area contributed by atoms with Crippen molar-refractivity contribution in [1.29, 1.82) is 0 Å². The average molecular weight is 871 g/mol. The fourth-order valence-corrected chi connectivity index (χ4v) is 10.4. The molecule has 65 heavy (non-hydrogen) atoms. The van der Waals surface area contributed by atoms with Crippen molar-refractivity contribution in [2.45, 2.75) is 32.6 Å². The first-order valence-electron chi connectivity index (χ1n) is 21.7. The zero-order chi connectivity index (χ0) is 45.7. The number of nitrogens with zero attached hydrogens (tertiary/aromatic N) is 2. The highest BCUT2D eigenvalue weighted by Gasteiger charge is 2.62. The van der Waals surface area contributed by atoms with Crippen LogP contribution >= 0.6 is 0 Å².